The first-order chi connectivity index (χ1) is 15.4. The number of likely N-dealkylation sites (N-methyl/N-ethyl adjacent to an activating group) is 1. The average Bonchev–Trinajstić information content (AvgIpc) is 2.73. The maximum absolute atomic E-state index is 13.7. The van der Waals surface area contributed by atoms with Crippen molar-refractivity contribution in [2.75, 3.05) is 14.1 Å². The zero-order valence-electron chi connectivity index (χ0n) is 18.0. The number of nitrogens with two attached hydrogens (primary N) is 1. The number of nitrogens with zero attached hydrogens (tertiary/aromatic N) is 2. The van der Waals surface area contributed by atoms with Gasteiger partial charge in [-0.25, -0.2) is 0 Å². The van der Waals surface area contributed by atoms with Crippen LogP contribution in [0.3, 0.4) is 0 Å². The lowest BCUT2D eigenvalue weighted by Crippen LogP contribution is -2.70. The second kappa shape index (κ2) is 7.22. The Labute approximate surface area is 187 Å². The fraction of sp³-hybridized carbons (Fsp3) is 0.409. The number of carbonyl (C=O) groups excluding carboxylic acids is 3. The Hall–Kier alpha value is -3.57. The first kappa shape index (κ1) is 22.6. The molecule has 0 radical (unpaired) electrons. The predicted octanol–water partition coefficient (Wildman–Crippen LogP) is 0.270. The highest BCUT2D eigenvalue weighted by atomic mass is 16.3. The van der Waals surface area contributed by atoms with E-state index in [0.29, 0.717) is 5.56 Å². The number of carbonyl (C=O) groups is 3. The SMILES string of the molecule is C[C@H]1c2cccc(O)c2C(O)=C2C(=O)[C@]3(O)C(O)=C(C(N)=O)C(=O)[C@@H](N(C)C)[C@@H]3[C@@H](N=O)[C@@H]21. The van der Waals surface area contributed by atoms with Crippen molar-refractivity contribution in [3.63, 3.8) is 0 Å². The first-order valence-electron chi connectivity index (χ1n) is 10.2. The van der Waals surface area contributed by atoms with Gasteiger partial charge in [-0.3, -0.25) is 19.3 Å². The van der Waals surface area contributed by atoms with Crippen LogP contribution in [0.5, 0.6) is 5.75 Å². The lowest BCUT2D eigenvalue weighted by atomic mass is 9.53. The Balaban J connectivity index is 2.11. The van der Waals surface area contributed by atoms with Gasteiger partial charge >= 0.3 is 0 Å². The molecule has 11 heteroatoms. The van der Waals surface area contributed by atoms with Gasteiger partial charge in [-0.05, 0) is 31.6 Å². The topological polar surface area (TPSA) is 191 Å². The third-order valence-electron chi connectivity index (χ3n) is 7.12. The van der Waals surface area contributed by atoms with Crippen molar-refractivity contribution in [2.24, 2.45) is 22.7 Å². The maximum atomic E-state index is 13.7. The van der Waals surface area contributed by atoms with Crippen molar-refractivity contribution >= 4 is 23.2 Å². The molecule has 0 aromatic heterocycles. The molecule has 1 fully saturated rings. The van der Waals surface area contributed by atoms with Crippen LogP contribution in [0, 0.1) is 16.7 Å². The molecule has 1 aromatic carbocycles. The summed E-state index contributed by atoms with van der Waals surface area (Å²) >= 11 is 0. The van der Waals surface area contributed by atoms with Crippen molar-refractivity contribution in [2.45, 2.75) is 30.5 Å². The van der Waals surface area contributed by atoms with Crippen molar-refractivity contribution in [1.29, 1.82) is 0 Å². The summed E-state index contributed by atoms with van der Waals surface area (Å²) in [6, 6.07) is 1.57. The lowest BCUT2D eigenvalue weighted by Gasteiger charge is -2.53. The normalized spacial score (nSPS) is 33.5. The van der Waals surface area contributed by atoms with Crippen LogP contribution in [0.2, 0.25) is 0 Å². The monoisotopic (exact) mass is 457 g/mol. The van der Waals surface area contributed by atoms with Gasteiger partial charge in [-0.15, -0.1) is 0 Å². The Morgan fingerprint density at radius 2 is 1.82 bits per heavy atom. The van der Waals surface area contributed by atoms with Crippen LogP contribution >= 0.6 is 0 Å². The zero-order valence-corrected chi connectivity index (χ0v) is 18.0. The number of primary amides is 1. The van der Waals surface area contributed by atoms with Crippen LogP contribution in [-0.2, 0) is 14.4 Å². The van der Waals surface area contributed by atoms with Crippen molar-refractivity contribution in [1.82, 2.24) is 4.90 Å². The Kier molecular flexibility index (Phi) is 4.95. The molecule has 33 heavy (non-hydrogen) atoms. The summed E-state index contributed by atoms with van der Waals surface area (Å²) in [5.41, 5.74) is 1.33. The van der Waals surface area contributed by atoms with E-state index >= 15 is 0 Å². The smallest absolute Gasteiger partial charge is 0.255 e. The molecule has 11 nitrogen and oxygen atoms in total. The summed E-state index contributed by atoms with van der Waals surface area (Å²) in [7, 11) is 2.88. The minimum absolute atomic E-state index is 0.0501. The number of aliphatic hydroxyl groups excluding tert-OH is 2. The highest BCUT2D eigenvalue weighted by molar-refractivity contribution is 6.24. The molecule has 3 aliphatic carbocycles. The van der Waals surface area contributed by atoms with E-state index in [9.17, 15) is 39.7 Å². The van der Waals surface area contributed by atoms with Crippen molar-refractivity contribution < 1.29 is 34.8 Å². The molecule has 0 heterocycles. The highest BCUT2D eigenvalue weighted by Gasteiger charge is 2.69. The molecule has 0 saturated heterocycles. The number of ketones is 2. The summed E-state index contributed by atoms with van der Waals surface area (Å²) in [6.07, 6.45) is 0. The molecular weight excluding hydrogens is 434 g/mol. The van der Waals surface area contributed by atoms with Crippen molar-refractivity contribution in [3.05, 3.63) is 51.1 Å². The second-order valence-electron chi connectivity index (χ2n) is 8.90. The summed E-state index contributed by atoms with van der Waals surface area (Å²) in [4.78, 5) is 52.3. The van der Waals surface area contributed by atoms with Gasteiger partial charge in [0.15, 0.2) is 11.4 Å². The minimum Gasteiger partial charge on any atom is -0.508 e. The Bertz CT molecular complexity index is 1190. The zero-order chi connectivity index (χ0) is 24.6. The highest BCUT2D eigenvalue weighted by Crippen LogP contribution is 2.56. The molecule has 6 N–H and O–H groups in total. The number of nitroso groups, excluding NO2 is 1. The standard InChI is InChI=1S/C22H23N3O8/c1-7-8-5-4-6-9(26)11(8)17(27)12-10(7)15(24-33)14-16(25(2)3)18(28)13(21(23)31)20(30)22(14,32)19(12)29/h4-7,10,14-16,26-27,30,32H,1-3H3,(H2,23,31)/t7-,10+,14-,15-,16-,22-/m0/s1. The van der Waals surface area contributed by atoms with Gasteiger partial charge in [-0.2, -0.15) is 4.91 Å². The molecule has 1 saturated carbocycles. The fourth-order valence-corrected chi connectivity index (χ4v) is 5.71. The Morgan fingerprint density at radius 1 is 1.18 bits per heavy atom. The van der Waals surface area contributed by atoms with Crippen LogP contribution in [0.1, 0.15) is 24.0 Å². The fourth-order valence-electron chi connectivity index (χ4n) is 5.71. The lowest BCUT2D eigenvalue weighted by molar-refractivity contribution is -0.156. The summed E-state index contributed by atoms with van der Waals surface area (Å²) in [5.74, 6) is -9.10. The number of Topliss-reactive ketones (excluding diaryl/α,β-unsaturated/α-hetero) is 2. The van der Waals surface area contributed by atoms with E-state index in [1.165, 1.54) is 31.1 Å². The van der Waals surface area contributed by atoms with E-state index in [1.54, 1.807) is 13.0 Å². The van der Waals surface area contributed by atoms with E-state index in [1.807, 2.05) is 0 Å². The molecule has 174 valence electrons. The molecule has 6 atom stereocenters. The van der Waals surface area contributed by atoms with Gasteiger partial charge in [0.2, 0.25) is 5.78 Å². The van der Waals surface area contributed by atoms with Gasteiger partial charge in [0, 0.05) is 11.5 Å². The van der Waals surface area contributed by atoms with Gasteiger partial charge in [0.1, 0.15) is 28.9 Å². The third kappa shape index (κ3) is 2.66. The summed E-state index contributed by atoms with van der Waals surface area (Å²) in [6.45, 7) is 1.66. The van der Waals surface area contributed by atoms with E-state index in [4.69, 9.17) is 5.73 Å². The third-order valence-corrected chi connectivity index (χ3v) is 7.12. The van der Waals surface area contributed by atoms with Gasteiger partial charge in [-0.1, -0.05) is 24.2 Å². The van der Waals surface area contributed by atoms with Crippen LogP contribution in [0.15, 0.2) is 40.3 Å². The largest absolute Gasteiger partial charge is 0.508 e. The number of amides is 1. The molecule has 0 bridgehead atoms. The molecule has 0 spiro atoms. The molecule has 1 aromatic rings. The van der Waals surface area contributed by atoms with Gasteiger partial charge < -0.3 is 26.2 Å². The number of benzene rings is 1. The minimum atomic E-state index is -2.94. The van der Waals surface area contributed by atoms with Crippen LogP contribution < -0.4 is 5.73 Å². The summed E-state index contributed by atoms with van der Waals surface area (Å²) in [5, 5.41) is 46.9. The predicted molar refractivity (Wildman–Crippen MR) is 114 cm³/mol. The van der Waals surface area contributed by atoms with Gasteiger partial charge in [0.05, 0.1) is 17.5 Å². The van der Waals surface area contributed by atoms with E-state index < -0.39 is 75.6 Å². The maximum Gasteiger partial charge on any atom is 0.255 e. The molecule has 1 amide bonds. The van der Waals surface area contributed by atoms with E-state index in [2.05, 4.69) is 5.18 Å². The Morgan fingerprint density at radius 3 is 2.36 bits per heavy atom. The van der Waals surface area contributed by atoms with Crippen LogP contribution in [0.25, 0.3) is 5.76 Å². The molecule has 3 aliphatic rings. The molecule has 0 unspecified atom stereocenters. The van der Waals surface area contributed by atoms with Crippen molar-refractivity contribution in [3.8, 4) is 5.75 Å². The van der Waals surface area contributed by atoms with Crippen LogP contribution in [0.4, 0.5) is 0 Å². The second-order valence-corrected chi connectivity index (χ2v) is 8.90. The number of aromatic hydroxyl groups is 1. The van der Waals surface area contributed by atoms with Crippen LogP contribution in [-0.4, -0.2) is 74.6 Å². The number of aliphatic hydroxyl groups is 3. The molecule has 4 rings (SSSR count). The van der Waals surface area contributed by atoms with E-state index in [-0.39, 0.29) is 11.3 Å². The number of rotatable bonds is 3. The quantitative estimate of drug-likeness (QED) is 0.313. The molecule has 0 aliphatic heterocycles. The number of hydrogen-bond acceptors (Lipinski definition) is 10. The molecular formula is C22H23N3O8. The number of hydrogen-bond donors (Lipinski definition) is 5. The number of phenolic OH excluding ortho intramolecular Hbond substituents is 1. The number of phenols is 1. The van der Waals surface area contributed by atoms with E-state index in [0.717, 1.165) is 0 Å². The number of fused-ring (bicyclic) bond motifs is 3. The summed E-state index contributed by atoms with van der Waals surface area (Å²) < 4.78 is 0. The van der Waals surface area contributed by atoms with Gasteiger partial charge in [0.25, 0.3) is 5.91 Å². The first-order valence-corrected chi connectivity index (χ1v) is 10.2. The average molecular weight is 457 g/mol.